The molecule has 2 aromatic rings. The second kappa shape index (κ2) is 9.12. The van der Waals surface area contributed by atoms with E-state index in [2.05, 4.69) is 5.32 Å². The first-order valence-corrected chi connectivity index (χ1v) is 11.8. The summed E-state index contributed by atoms with van der Waals surface area (Å²) in [6.45, 7) is 6.54. The van der Waals surface area contributed by atoms with Gasteiger partial charge >= 0.3 is 0 Å². The number of aryl methyl sites for hydroxylation is 1. The number of carbonyl (C=O) groups is 3. The number of hydrogen-bond acceptors (Lipinski definition) is 5. The van der Waals surface area contributed by atoms with E-state index in [-0.39, 0.29) is 29.0 Å². The van der Waals surface area contributed by atoms with Crippen molar-refractivity contribution in [1.82, 2.24) is 14.5 Å². The summed E-state index contributed by atoms with van der Waals surface area (Å²) < 4.78 is 26.3. The molecule has 32 heavy (non-hydrogen) atoms. The van der Waals surface area contributed by atoms with Gasteiger partial charge in [-0.15, -0.1) is 0 Å². The van der Waals surface area contributed by atoms with Gasteiger partial charge in [0.25, 0.3) is 15.9 Å². The fraction of sp³-hybridized carbons (Fsp3) is 0.348. The van der Waals surface area contributed by atoms with Crippen molar-refractivity contribution >= 4 is 27.7 Å². The quantitative estimate of drug-likeness (QED) is 0.686. The van der Waals surface area contributed by atoms with E-state index >= 15 is 0 Å². The molecule has 0 saturated carbocycles. The third kappa shape index (κ3) is 4.67. The first kappa shape index (κ1) is 23.5. The maximum Gasteiger partial charge on any atom is 0.269 e. The van der Waals surface area contributed by atoms with Crippen molar-refractivity contribution in [3.63, 3.8) is 0 Å². The number of amides is 3. The first-order chi connectivity index (χ1) is 15.0. The summed E-state index contributed by atoms with van der Waals surface area (Å²) in [5, 5.41) is 2.78. The molecule has 9 heteroatoms. The molecule has 0 bridgehead atoms. The third-order valence-electron chi connectivity index (χ3n) is 5.22. The molecule has 0 unspecified atom stereocenters. The van der Waals surface area contributed by atoms with Crippen LogP contribution in [0.15, 0.2) is 53.4 Å². The highest BCUT2D eigenvalue weighted by atomic mass is 32.2. The van der Waals surface area contributed by atoms with E-state index in [9.17, 15) is 22.8 Å². The van der Waals surface area contributed by atoms with Crippen LogP contribution in [0, 0.1) is 6.92 Å². The zero-order valence-corrected chi connectivity index (χ0v) is 19.3. The summed E-state index contributed by atoms with van der Waals surface area (Å²) in [6.07, 6.45) is 0. The maximum absolute atomic E-state index is 13.3. The number of sulfonamides is 1. The van der Waals surface area contributed by atoms with Gasteiger partial charge in [-0.25, -0.2) is 12.7 Å². The first-order valence-electron chi connectivity index (χ1n) is 10.3. The topological polar surface area (TPSA) is 104 Å². The van der Waals surface area contributed by atoms with E-state index in [4.69, 9.17) is 0 Å². The normalized spacial score (nSPS) is 15.4. The molecule has 0 radical (unpaired) electrons. The van der Waals surface area contributed by atoms with Crippen molar-refractivity contribution < 1.29 is 22.8 Å². The Morgan fingerprint density at radius 1 is 1.06 bits per heavy atom. The maximum atomic E-state index is 13.3. The monoisotopic (exact) mass is 457 g/mol. The van der Waals surface area contributed by atoms with Gasteiger partial charge in [0.2, 0.25) is 11.8 Å². The lowest BCUT2D eigenvalue weighted by atomic mass is 10.1. The van der Waals surface area contributed by atoms with Gasteiger partial charge < -0.3 is 10.2 Å². The fourth-order valence-corrected chi connectivity index (χ4v) is 5.11. The molecule has 1 N–H and O–H groups in total. The molecule has 0 saturated heterocycles. The average molecular weight is 458 g/mol. The summed E-state index contributed by atoms with van der Waals surface area (Å²) in [5.41, 5.74) is 1.82. The van der Waals surface area contributed by atoms with E-state index in [1.54, 1.807) is 13.0 Å². The highest BCUT2D eigenvalue weighted by Crippen LogP contribution is 2.30. The van der Waals surface area contributed by atoms with Gasteiger partial charge in [-0.3, -0.25) is 14.4 Å². The van der Waals surface area contributed by atoms with Gasteiger partial charge in [-0.1, -0.05) is 42.0 Å². The number of hydrogen-bond donors (Lipinski definition) is 1. The summed E-state index contributed by atoms with van der Waals surface area (Å²) in [4.78, 5) is 39.9. The zero-order chi connectivity index (χ0) is 23.6. The van der Waals surface area contributed by atoms with E-state index in [1.807, 2.05) is 45.0 Å². The summed E-state index contributed by atoms with van der Waals surface area (Å²) in [7, 11) is -4.13. The molecule has 3 rings (SSSR count). The van der Waals surface area contributed by atoms with Crippen LogP contribution in [-0.2, 0) is 26.2 Å². The molecule has 1 aliphatic heterocycles. The minimum absolute atomic E-state index is 0.0381. The molecule has 2 aromatic carbocycles. The van der Waals surface area contributed by atoms with Crippen molar-refractivity contribution in [3.8, 4) is 0 Å². The Balaban J connectivity index is 1.90. The molecular weight excluding hydrogens is 430 g/mol. The number of nitrogens with one attached hydrogen (secondary N) is 1. The average Bonchev–Trinajstić information content (AvgIpc) is 2.92. The van der Waals surface area contributed by atoms with Gasteiger partial charge in [-0.2, -0.15) is 0 Å². The van der Waals surface area contributed by atoms with Crippen LogP contribution < -0.4 is 5.32 Å². The number of rotatable bonds is 7. The number of fused-ring (bicyclic) bond motifs is 1. The molecule has 1 atom stereocenters. The molecule has 0 aromatic heterocycles. The fourth-order valence-electron chi connectivity index (χ4n) is 3.60. The summed E-state index contributed by atoms with van der Waals surface area (Å²) in [6, 6.07) is 12.3. The predicted octanol–water partition coefficient (Wildman–Crippen LogP) is 2.08. The molecule has 0 spiro atoms. The minimum Gasteiger partial charge on any atom is -0.352 e. The lowest BCUT2D eigenvalue weighted by molar-refractivity contribution is -0.140. The highest BCUT2D eigenvalue weighted by molar-refractivity contribution is 7.90. The van der Waals surface area contributed by atoms with Crippen molar-refractivity contribution in [2.45, 2.75) is 51.2 Å². The van der Waals surface area contributed by atoms with Crippen molar-refractivity contribution in [2.24, 2.45) is 0 Å². The zero-order valence-electron chi connectivity index (χ0n) is 18.5. The van der Waals surface area contributed by atoms with Crippen LogP contribution in [-0.4, -0.2) is 54.0 Å². The van der Waals surface area contributed by atoms with E-state index in [0.717, 1.165) is 11.1 Å². The highest BCUT2D eigenvalue weighted by Gasteiger charge is 2.43. The molecule has 0 aliphatic carbocycles. The van der Waals surface area contributed by atoms with Crippen LogP contribution in [0.1, 0.15) is 42.3 Å². The number of carbonyl (C=O) groups excluding carboxylic acids is 3. The predicted molar refractivity (Wildman–Crippen MR) is 119 cm³/mol. The van der Waals surface area contributed by atoms with Crippen molar-refractivity contribution in [3.05, 3.63) is 65.2 Å². The van der Waals surface area contributed by atoms with Crippen LogP contribution in [0.4, 0.5) is 0 Å². The Morgan fingerprint density at radius 2 is 1.75 bits per heavy atom. The SMILES string of the molecule is Cc1cccc(CN(C(=O)CN2C(=O)c3ccccc3S2(=O)=O)[C@H](C)C(=O)NC(C)C)c1. The third-order valence-corrected chi connectivity index (χ3v) is 7.01. The summed E-state index contributed by atoms with van der Waals surface area (Å²) >= 11 is 0. The standard InChI is InChI=1S/C23H27N3O5S/c1-15(2)24-22(28)17(4)25(13-18-9-7-8-16(3)12-18)21(27)14-26-23(29)19-10-5-6-11-20(19)32(26,30)31/h5-12,15,17H,13-14H2,1-4H3,(H,24,28)/t17-/m1/s1. The molecular formula is C23H27N3O5S. The molecule has 3 amide bonds. The lowest BCUT2D eigenvalue weighted by Crippen LogP contribution is -2.52. The van der Waals surface area contributed by atoms with Gasteiger partial charge in [-0.05, 0) is 45.4 Å². The Labute approximate surface area is 188 Å². The van der Waals surface area contributed by atoms with Gasteiger partial charge in [0.05, 0.1) is 5.56 Å². The van der Waals surface area contributed by atoms with Gasteiger partial charge in [0.15, 0.2) is 0 Å². The van der Waals surface area contributed by atoms with E-state index < -0.39 is 34.4 Å². The Hall–Kier alpha value is -3.20. The van der Waals surface area contributed by atoms with Crippen LogP contribution in [0.5, 0.6) is 0 Å². The second-order valence-corrected chi connectivity index (χ2v) is 9.99. The van der Waals surface area contributed by atoms with Crippen molar-refractivity contribution in [1.29, 1.82) is 0 Å². The number of benzene rings is 2. The van der Waals surface area contributed by atoms with Crippen LogP contribution in [0.2, 0.25) is 0 Å². The largest absolute Gasteiger partial charge is 0.352 e. The van der Waals surface area contributed by atoms with E-state index in [1.165, 1.54) is 23.1 Å². The smallest absolute Gasteiger partial charge is 0.269 e. The Bertz CT molecular complexity index is 1160. The molecule has 8 nitrogen and oxygen atoms in total. The Morgan fingerprint density at radius 3 is 2.38 bits per heavy atom. The van der Waals surface area contributed by atoms with Crippen molar-refractivity contribution in [2.75, 3.05) is 6.54 Å². The molecule has 0 fully saturated rings. The van der Waals surface area contributed by atoms with Crippen LogP contribution in [0.3, 0.4) is 0 Å². The Kier molecular flexibility index (Phi) is 6.68. The molecule has 170 valence electrons. The van der Waals surface area contributed by atoms with Crippen LogP contribution >= 0.6 is 0 Å². The summed E-state index contributed by atoms with van der Waals surface area (Å²) in [5.74, 6) is -1.74. The van der Waals surface area contributed by atoms with Crippen LogP contribution in [0.25, 0.3) is 0 Å². The van der Waals surface area contributed by atoms with Gasteiger partial charge in [0, 0.05) is 12.6 Å². The second-order valence-electron chi connectivity index (χ2n) is 8.16. The molecule has 1 heterocycles. The minimum atomic E-state index is -4.13. The van der Waals surface area contributed by atoms with Gasteiger partial charge in [0.1, 0.15) is 17.5 Å². The lowest BCUT2D eigenvalue weighted by Gasteiger charge is -2.30. The van der Waals surface area contributed by atoms with E-state index in [0.29, 0.717) is 4.31 Å². The molecule has 1 aliphatic rings. The number of nitrogens with zero attached hydrogens (tertiary/aromatic N) is 2.